The zero-order valence-corrected chi connectivity index (χ0v) is 10.6. The van der Waals surface area contributed by atoms with Crippen LogP contribution in [0.3, 0.4) is 0 Å². The zero-order valence-electron chi connectivity index (χ0n) is 10.6. The first kappa shape index (κ1) is 13.5. The van der Waals surface area contributed by atoms with Gasteiger partial charge in [-0.05, 0) is 37.8 Å². The highest BCUT2D eigenvalue weighted by atomic mass is 16.3. The van der Waals surface area contributed by atoms with Gasteiger partial charge in [0, 0.05) is 12.2 Å². The van der Waals surface area contributed by atoms with E-state index in [4.69, 9.17) is 0 Å². The maximum atomic E-state index is 11.8. The van der Waals surface area contributed by atoms with Crippen molar-refractivity contribution < 1.29 is 9.90 Å². The lowest BCUT2D eigenvalue weighted by Gasteiger charge is -2.15. The molecule has 4 heteroatoms. The highest BCUT2D eigenvalue weighted by Crippen LogP contribution is 2.13. The van der Waals surface area contributed by atoms with Crippen molar-refractivity contribution >= 4 is 5.91 Å². The van der Waals surface area contributed by atoms with Crippen LogP contribution in [0.25, 0.3) is 0 Å². The van der Waals surface area contributed by atoms with Crippen LogP contribution in [0.1, 0.15) is 44.1 Å². The van der Waals surface area contributed by atoms with E-state index in [0.717, 1.165) is 12.8 Å². The van der Waals surface area contributed by atoms with Crippen LogP contribution in [0, 0.1) is 5.92 Å². The molecule has 0 saturated carbocycles. The first-order chi connectivity index (χ1) is 8.00. The number of nitrogens with one attached hydrogen (secondary N) is 1. The molecule has 1 rings (SSSR count). The Morgan fingerprint density at radius 2 is 2.12 bits per heavy atom. The minimum absolute atomic E-state index is 0.0824. The van der Waals surface area contributed by atoms with Gasteiger partial charge in [-0.2, -0.15) is 0 Å². The van der Waals surface area contributed by atoms with Gasteiger partial charge in [-0.15, -0.1) is 0 Å². The number of nitrogens with zero attached hydrogens (tertiary/aromatic N) is 1. The van der Waals surface area contributed by atoms with Gasteiger partial charge in [0.05, 0.1) is 0 Å². The molecule has 1 aromatic rings. The van der Waals surface area contributed by atoms with Gasteiger partial charge in [0.25, 0.3) is 5.91 Å². The molecule has 1 amide bonds. The number of carbonyl (C=O) groups excluding carboxylic acids is 1. The third kappa shape index (κ3) is 4.43. The van der Waals surface area contributed by atoms with Crippen molar-refractivity contribution in [2.24, 2.45) is 5.92 Å². The van der Waals surface area contributed by atoms with Gasteiger partial charge < -0.3 is 10.4 Å². The summed E-state index contributed by atoms with van der Waals surface area (Å²) < 4.78 is 0. The highest BCUT2D eigenvalue weighted by Gasteiger charge is 2.14. The Morgan fingerprint density at radius 1 is 1.41 bits per heavy atom. The van der Waals surface area contributed by atoms with E-state index in [9.17, 15) is 9.90 Å². The van der Waals surface area contributed by atoms with Crippen LogP contribution in [-0.2, 0) is 0 Å². The first-order valence-electron chi connectivity index (χ1n) is 5.95. The fraction of sp³-hybridized carbons (Fsp3) is 0.538. The van der Waals surface area contributed by atoms with Crippen molar-refractivity contribution in [3.63, 3.8) is 0 Å². The normalized spacial score (nSPS) is 12.5. The predicted molar refractivity (Wildman–Crippen MR) is 66.9 cm³/mol. The Kier molecular flexibility index (Phi) is 4.94. The molecular formula is C13H20N2O2. The third-order valence-electron chi connectivity index (χ3n) is 2.56. The van der Waals surface area contributed by atoms with E-state index in [-0.39, 0.29) is 23.4 Å². The topological polar surface area (TPSA) is 62.2 Å². The van der Waals surface area contributed by atoms with E-state index in [2.05, 4.69) is 24.1 Å². The molecule has 0 aliphatic carbocycles. The molecule has 1 atom stereocenters. The lowest BCUT2D eigenvalue weighted by atomic mass is 10.0. The summed E-state index contributed by atoms with van der Waals surface area (Å²) in [5, 5.41) is 12.3. The van der Waals surface area contributed by atoms with Crippen molar-refractivity contribution in [2.75, 3.05) is 0 Å². The van der Waals surface area contributed by atoms with Gasteiger partial charge in [-0.3, -0.25) is 4.79 Å². The Labute approximate surface area is 102 Å². The van der Waals surface area contributed by atoms with Gasteiger partial charge in [0.15, 0.2) is 5.69 Å². The molecule has 0 aromatic carbocycles. The molecule has 0 saturated heterocycles. The van der Waals surface area contributed by atoms with Crippen LogP contribution >= 0.6 is 0 Å². The van der Waals surface area contributed by atoms with Gasteiger partial charge in [-0.25, -0.2) is 4.98 Å². The summed E-state index contributed by atoms with van der Waals surface area (Å²) in [6.45, 7) is 6.26. The van der Waals surface area contributed by atoms with Gasteiger partial charge in [-0.1, -0.05) is 13.8 Å². The number of aromatic hydroxyl groups is 1. The summed E-state index contributed by atoms with van der Waals surface area (Å²) in [5.74, 6) is 0.220. The van der Waals surface area contributed by atoms with E-state index >= 15 is 0 Å². The van der Waals surface area contributed by atoms with Crippen molar-refractivity contribution in [3.05, 3.63) is 24.0 Å². The number of amides is 1. The van der Waals surface area contributed by atoms with Crippen molar-refractivity contribution in [1.29, 1.82) is 0 Å². The van der Waals surface area contributed by atoms with E-state index in [0.29, 0.717) is 5.92 Å². The van der Waals surface area contributed by atoms with Crippen LogP contribution in [0.4, 0.5) is 0 Å². The van der Waals surface area contributed by atoms with Crippen molar-refractivity contribution in [2.45, 2.75) is 39.7 Å². The maximum absolute atomic E-state index is 11.8. The molecule has 0 fully saturated rings. The Morgan fingerprint density at radius 3 is 2.71 bits per heavy atom. The number of pyridine rings is 1. The highest BCUT2D eigenvalue weighted by molar-refractivity contribution is 5.94. The van der Waals surface area contributed by atoms with E-state index in [1.54, 1.807) is 6.07 Å². The summed E-state index contributed by atoms with van der Waals surface area (Å²) in [6.07, 6.45) is 3.49. The van der Waals surface area contributed by atoms with E-state index in [1.807, 2.05) is 6.92 Å². The summed E-state index contributed by atoms with van der Waals surface area (Å²) in [6, 6.07) is 3.14. The SMILES string of the molecule is CC(C)CCC(C)NC(=O)c1ncccc1O. The fourth-order valence-corrected chi connectivity index (χ4v) is 1.52. The molecule has 1 unspecified atom stereocenters. The van der Waals surface area contributed by atoms with Crippen LogP contribution < -0.4 is 5.32 Å². The van der Waals surface area contributed by atoms with Crippen molar-refractivity contribution in [1.82, 2.24) is 10.3 Å². The number of carbonyl (C=O) groups is 1. The summed E-state index contributed by atoms with van der Waals surface area (Å²) in [5.41, 5.74) is 0.0869. The quantitative estimate of drug-likeness (QED) is 0.824. The first-order valence-corrected chi connectivity index (χ1v) is 5.95. The van der Waals surface area contributed by atoms with Gasteiger partial charge in [0.1, 0.15) is 5.75 Å². The number of aromatic nitrogens is 1. The van der Waals surface area contributed by atoms with Crippen molar-refractivity contribution in [3.8, 4) is 5.75 Å². The lowest BCUT2D eigenvalue weighted by Crippen LogP contribution is -2.33. The van der Waals surface area contributed by atoms with Crippen LogP contribution in [0.15, 0.2) is 18.3 Å². The fourth-order valence-electron chi connectivity index (χ4n) is 1.52. The molecule has 94 valence electrons. The smallest absolute Gasteiger partial charge is 0.273 e. The monoisotopic (exact) mass is 236 g/mol. The molecule has 2 N–H and O–H groups in total. The van der Waals surface area contributed by atoms with E-state index in [1.165, 1.54) is 12.3 Å². The van der Waals surface area contributed by atoms with Crippen LogP contribution in [-0.4, -0.2) is 22.0 Å². The average molecular weight is 236 g/mol. The molecule has 1 aromatic heterocycles. The van der Waals surface area contributed by atoms with Crippen LogP contribution in [0.5, 0.6) is 5.75 Å². The largest absolute Gasteiger partial charge is 0.505 e. The molecule has 4 nitrogen and oxygen atoms in total. The van der Waals surface area contributed by atoms with Crippen LogP contribution in [0.2, 0.25) is 0 Å². The zero-order chi connectivity index (χ0) is 12.8. The minimum Gasteiger partial charge on any atom is -0.505 e. The standard InChI is InChI=1S/C13H20N2O2/c1-9(2)6-7-10(3)15-13(17)12-11(16)5-4-8-14-12/h4-5,8-10,16H,6-7H2,1-3H3,(H,15,17). The molecule has 0 bridgehead atoms. The molecule has 0 spiro atoms. The molecule has 0 radical (unpaired) electrons. The Balaban J connectivity index is 2.52. The molecule has 0 aliphatic rings. The summed E-state index contributed by atoms with van der Waals surface area (Å²) in [4.78, 5) is 15.7. The maximum Gasteiger partial charge on any atom is 0.273 e. The predicted octanol–water partition coefficient (Wildman–Crippen LogP) is 2.34. The third-order valence-corrected chi connectivity index (χ3v) is 2.56. The molecule has 0 aliphatic heterocycles. The lowest BCUT2D eigenvalue weighted by molar-refractivity contribution is 0.0929. The van der Waals surface area contributed by atoms with Gasteiger partial charge in [0.2, 0.25) is 0 Å². The second-order valence-electron chi connectivity index (χ2n) is 4.72. The second kappa shape index (κ2) is 6.23. The Bertz CT molecular complexity index is 377. The number of hydrogen-bond acceptors (Lipinski definition) is 3. The molecule has 1 heterocycles. The average Bonchev–Trinajstić information content (AvgIpc) is 2.26. The number of rotatable bonds is 5. The number of hydrogen-bond donors (Lipinski definition) is 2. The summed E-state index contributed by atoms with van der Waals surface area (Å²) >= 11 is 0. The summed E-state index contributed by atoms with van der Waals surface area (Å²) in [7, 11) is 0. The van der Waals surface area contributed by atoms with Gasteiger partial charge >= 0.3 is 0 Å². The van der Waals surface area contributed by atoms with E-state index < -0.39 is 0 Å². The molecule has 17 heavy (non-hydrogen) atoms. The molecular weight excluding hydrogens is 216 g/mol. The Hall–Kier alpha value is -1.58. The second-order valence-corrected chi connectivity index (χ2v) is 4.72. The minimum atomic E-state index is -0.320.